The molecule has 0 atom stereocenters. The van der Waals surface area contributed by atoms with E-state index < -0.39 is 0 Å². The van der Waals surface area contributed by atoms with Gasteiger partial charge in [0.2, 0.25) is 0 Å². The smallest absolute Gasteiger partial charge is 0.368 e. The van der Waals surface area contributed by atoms with Gasteiger partial charge in [0, 0.05) is 12.6 Å². The van der Waals surface area contributed by atoms with Gasteiger partial charge in [-0.1, -0.05) is 30.7 Å². The number of ether oxygens (including phenoxy) is 1. The highest BCUT2D eigenvalue weighted by atomic mass is 35.5. The van der Waals surface area contributed by atoms with E-state index in [4.69, 9.17) is 16.3 Å². The molecule has 2 aromatic carbocycles. The first kappa shape index (κ1) is 18.2. The van der Waals surface area contributed by atoms with E-state index in [1.54, 1.807) is 7.05 Å². The predicted octanol–water partition coefficient (Wildman–Crippen LogP) is 3.38. The summed E-state index contributed by atoms with van der Waals surface area (Å²) in [4.78, 5) is 12.3. The van der Waals surface area contributed by atoms with Crippen LogP contribution in [0.15, 0.2) is 35.1 Å². The molecule has 3 rings (SSSR count). The van der Waals surface area contributed by atoms with E-state index in [0.29, 0.717) is 16.5 Å². The first-order chi connectivity index (χ1) is 12.4. The third-order valence-electron chi connectivity index (χ3n) is 4.50. The van der Waals surface area contributed by atoms with Crippen LogP contribution in [0.5, 0.6) is 5.75 Å². The van der Waals surface area contributed by atoms with Gasteiger partial charge in [-0.15, -0.1) is 0 Å². The van der Waals surface area contributed by atoms with Gasteiger partial charge in [0.05, 0.1) is 10.7 Å². The minimum atomic E-state index is -0.302. The summed E-state index contributed by atoms with van der Waals surface area (Å²) in [6, 6.07) is 9.59. The van der Waals surface area contributed by atoms with E-state index in [-0.39, 0.29) is 12.3 Å². The van der Waals surface area contributed by atoms with Crippen LogP contribution in [0, 0.1) is 13.8 Å². The molecule has 0 amide bonds. The number of benzene rings is 2. The average Bonchev–Trinajstić information content (AvgIpc) is 2.95. The molecule has 0 bridgehead atoms. The second kappa shape index (κ2) is 7.33. The highest BCUT2D eigenvalue weighted by Gasteiger charge is 2.15. The third-order valence-corrected chi connectivity index (χ3v) is 4.79. The molecule has 1 aromatic heterocycles. The van der Waals surface area contributed by atoms with E-state index in [2.05, 4.69) is 17.4 Å². The molecule has 26 heavy (non-hydrogen) atoms. The molecule has 7 heteroatoms. The van der Waals surface area contributed by atoms with Crippen LogP contribution in [0.4, 0.5) is 0 Å². The zero-order chi connectivity index (χ0) is 18.8. The van der Waals surface area contributed by atoms with Gasteiger partial charge in [0.15, 0.2) is 0 Å². The monoisotopic (exact) mass is 372 g/mol. The van der Waals surface area contributed by atoms with Crippen LogP contribution in [-0.4, -0.2) is 19.8 Å². The van der Waals surface area contributed by atoms with Crippen LogP contribution < -0.4 is 10.4 Å². The second-order valence-electron chi connectivity index (χ2n) is 6.22. The Balaban J connectivity index is 2.01. The van der Waals surface area contributed by atoms with E-state index in [9.17, 15) is 4.79 Å². The quantitative estimate of drug-likeness (QED) is 0.688. The van der Waals surface area contributed by atoms with Crippen LogP contribution >= 0.6 is 11.6 Å². The van der Waals surface area contributed by atoms with Crippen molar-refractivity contribution in [1.82, 2.24) is 19.8 Å². The topological polar surface area (TPSA) is 61.9 Å². The number of aromatic nitrogens is 4. The van der Waals surface area contributed by atoms with Gasteiger partial charge in [-0.2, -0.15) is 9.36 Å². The van der Waals surface area contributed by atoms with E-state index in [1.807, 2.05) is 44.2 Å². The van der Waals surface area contributed by atoms with Crippen LogP contribution in [0.1, 0.15) is 29.2 Å². The molecule has 0 saturated heterocycles. The molecular formula is C19H21ClN4O2. The van der Waals surface area contributed by atoms with Crippen molar-refractivity contribution in [3.8, 4) is 11.4 Å². The fraction of sp³-hybridized carbons (Fsp3) is 0.316. The van der Waals surface area contributed by atoms with Crippen molar-refractivity contribution in [3.63, 3.8) is 0 Å². The minimum absolute atomic E-state index is 0.282. The Hall–Kier alpha value is -2.60. The van der Waals surface area contributed by atoms with E-state index in [1.165, 1.54) is 9.36 Å². The molecule has 0 unspecified atom stereocenters. The summed E-state index contributed by atoms with van der Waals surface area (Å²) in [5, 5.41) is 8.32. The Morgan fingerprint density at radius 3 is 2.54 bits per heavy atom. The Morgan fingerprint density at radius 2 is 1.88 bits per heavy atom. The normalized spacial score (nSPS) is 11.0. The Morgan fingerprint density at radius 1 is 1.15 bits per heavy atom. The summed E-state index contributed by atoms with van der Waals surface area (Å²) in [5.41, 5.74) is 4.57. The molecule has 0 fully saturated rings. The van der Waals surface area contributed by atoms with Crippen molar-refractivity contribution < 1.29 is 4.74 Å². The van der Waals surface area contributed by atoms with Crippen molar-refractivity contribution in [2.75, 3.05) is 0 Å². The summed E-state index contributed by atoms with van der Waals surface area (Å²) in [6.07, 6.45) is 0.808. The number of tetrazole rings is 1. The molecular weight excluding hydrogens is 352 g/mol. The van der Waals surface area contributed by atoms with Gasteiger partial charge < -0.3 is 4.74 Å². The average molecular weight is 373 g/mol. The standard InChI is InChI=1S/C19H21ClN4O2/c1-5-14-7-6-8-17(24-19(25)23(4)21-22-24)15(14)11-26-18-10-13(3)12(2)9-16(18)20/h6-10H,5,11H2,1-4H3. The number of aryl methyl sites for hydroxylation is 4. The molecule has 0 N–H and O–H groups in total. The summed E-state index contributed by atoms with van der Waals surface area (Å²) < 4.78 is 8.50. The molecule has 0 aliphatic heterocycles. The van der Waals surface area contributed by atoms with E-state index in [0.717, 1.165) is 28.7 Å². The number of halogens is 1. The van der Waals surface area contributed by atoms with Crippen molar-refractivity contribution in [2.24, 2.45) is 7.05 Å². The largest absolute Gasteiger partial charge is 0.487 e. The minimum Gasteiger partial charge on any atom is -0.487 e. The van der Waals surface area contributed by atoms with Crippen LogP contribution in [0.25, 0.3) is 5.69 Å². The highest BCUT2D eigenvalue weighted by molar-refractivity contribution is 6.32. The van der Waals surface area contributed by atoms with Gasteiger partial charge in [-0.3, -0.25) is 0 Å². The molecule has 0 aliphatic carbocycles. The van der Waals surface area contributed by atoms with Crippen molar-refractivity contribution in [3.05, 3.63) is 68.1 Å². The summed E-state index contributed by atoms with van der Waals surface area (Å²) >= 11 is 6.32. The molecule has 0 saturated carbocycles. The van der Waals surface area contributed by atoms with E-state index >= 15 is 0 Å². The van der Waals surface area contributed by atoms with Crippen LogP contribution in [-0.2, 0) is 20.1 Å². The molecule has 0 radical (unpaired) electrons. The first-order valence-electron chi connectivity index (χ1n) is 8.42. The van der Waals surface area contributed by atoms with Crippen molar-refractivity contribution in [1.29, 1.82) is 0 Å². The zero-order valence-corrected chi connectivity index (χ0v) is 16.0. The maximum atomic E-state index is 12.3. The number of hydrogen-bond donors (Lipinski definition) is 0. The lowest BCUT2D eigenvalue weighted by Gasteiger charge is -2.15. The Bertz CT molecular complexity index is 1010. The molecule has 0 aliphatic rings. The lowest BCUT2D eigenvalue weighted by atomic mass is 10.0. The lowest BCUT2D eigenvalue weighted by Crippen LogP contribution is -2.23. The fourth-order valence-corrected chi connectivity index (χ4v) is 3.07. The number of rotatable bonds is 5. The molecule has 1 heterocycles. The maximum Gasteiger partial charge on any atom is 0.368 e. The van der Waals surface area contributed by atoms with Crippen molar-refractivity contribution in [2.45, 2.75) is 33.8 Å². The lowest BCUT2D eigenvalue weighted by molar-refractivity contribution is 0.304. The molecule has 136 valence electrons. The maximum absolute atomic E-state index is 12.3. The number of nitrogens with zero attached hydrogens (tertiary/aromatic N) is 4. The Kier molecular flexibility index (Phi) is 5.13. The van der Waals surface area contributed by atoms with Crippen LogP contribution in [0.3, 0.4) is 0 Å². The van der Waals surface area contributed by atoms with Gasteiger partial charge in [-0.05, 0) is 65.6 Å². The summed E-state index contributed by atoms with van der Waals surface area (Å²) in [5.74, 6) is 0.623. The van der Waals surface area contributed by atoms with Gasteiger partial charge >= 0.3 is 5.69 Å². The van der Waals surface area contributed by atoms with Crippen LogP contribution in [0.2, 0.25) is 5.02 Å². The van der Waals surface area contributed by atoms with Gasteiger partial charge in [-0.25, -0.2) is 4.79 Å². The highest BCUT2D eigenvalue weighted by Crippen LogP contribution is 2.29. The molecule has 3 aromatic rings. The third kappa shape index (κ3) is 3.37. The second-order valence-corrected chi connectivity index (χ2v) is 6.63. The first-order valence-corrected chi connectivity index (χ1v) is 8.79. The fourth-order valence-electron chi connectivity index (χ4n) is 2.80. The predicted molar refractivity (Wildman–Crippen MR) is 101 cm³/mol. The molecule has 0 spiro atoms. The van der Waals surface area contributed by atoms with Gasteiger partial charge in [0.1, 0.15) is 12.4 Å². The molecule has 6 nitrogen and oxygen atoms in total. The number of hydrogen-bond acceptors (Lipinski definition) is 4. The SMILES string of the molecule is CCc1cccc(-n2nnn(C)c2=O)c1COc1cc(C)c(C)cc1Cl. The zero-order valence-electron chi connectivity index (χ0n) is 15.3. The Labute approximate surface area is 157 Å². The summed E-state index contributed by atoms with van der Waals surface area (Å²) in [7, 11) is 1.57. The van der Waals surface area contributed by atoms with Gasteiger partial charge in [0.25, 0.3) is 0 Å². The summed E-state index contributed by atoms with van der Waals surface area (Å²) in [6.45, 7) is 6.37. The van der Waals surface area contributed by atoms with Crippen molar-refractivity contribution >= 4 is 11.6 Å².